The van der Waals surface area contributed by atoms with Crippen LogP contribution in [0.15, 0.2) is 0 Å². The van der Waals surface area contributed by atoms with Gasteiger partial charge in [0.1, 0.15) is 0 Å². The van der Waals surface area contributed by atoms with Crippen molar-refractivity contribution in [2.75, 3.05) is 32.8 Å². The molecule has 1 fully saturated rings. The van der Waals surface area contributed by atoms with Crippen molar-refractivity contribution in [2.45, 2.75) is 19.8 Å². The maximum absolute atomic E-state index is 11.3. The van der Waals surface area contributed by atoms with E-state index >= 15 is 0 Å². The van der Waals surface area contributed by atoms with Gasteiger partial charge in [0.15, 0.2) is 0 Å². The van der Waals surface area contributed by atoms with E-state index in [4.69, 9.17) is 4.74 Å². The van der Waals surface area contributed by atoms with Gasteiger partial charge in [-0.25, -0.2) is 9.80 Å². The maximum Gasteiger partial charge on any atom is 0.329 e. The van der Waals surface area contributed by atoms with Crippen LogP contribution in [0.1, 0.15) is 19.8 Å². The summed E-state index contributed by atoms with van der Waals surface area (Å²) in [6.07, 6.45) is 2.12. The number of urea groups is 1. The first-order valence-corrected chi connectivity index (χ1v) is 5.20. The smallest absolute Gasteiger partial charge is 0.329 e. The van der Waals surface area contributed by atoms with Crippen LogP contribution in [0.4, 0.5) is 4.79 Å². The van der Waals surface area contributed by atoms with Crippen LogP contribution in [0, 0.1) is 0 Å². The van der Waals surface area contributed by atoms with Gasteiger partial charge in [0, 0.05) is 19.6 Å². The molecule has 0 unspecified atom stereocenters. The predicted molar refractivity (Wildman–Crippen MR) is 53.8 cm³/mol. The third kappa shape index (κ3) is 4.43. The molecule has 1 heterocycles. The number of nitrogens with one attached hydrogen (secondary N) is 2. The predicted octanol–water partition coefficient (Wildman–Crippen LogP) is 0.333. The fourth-order valence-corrected chi connectivity index (χ4v) is 1.24. The second-order valence-corrected chi connectivity index (χ2v) is 3.32. The van der Waals surface area contributed by atoms with Crippen LogP contribution in [-0.2, 0) is 4.74 Å². The van der Waals surface area contributed by atoms with E-state index in [2.05, 4.69) is 17.7 Å². The molecule has 0 aromatic heterocycles. The molecule has 0 aromatic rings. The summed E-state index contributed by atoms with van der Waals surface area (Å²) in [4.78, 5) is 11.3. The first kappa shape index (κ1) is 11.3. The van der Waals surface area contributed by atoms with Gasteiger partial charge in [-0.2, -0.15) is 0 Å². The van der Waals surface area contributed by atoms with Gasteiger partial charge in [0.25, 0.3) is 0 Å². The monoisotopic (exact) mass is 201 g/mol. The SMILES string of the molecule is CCCCNC(=O)NN1CCOCC1. The minimum Gasteiger partial charge on any atom is -0.379 e. The Morgan fingerprint density at radius 1 is 1.43 bits per heavy atom. The Balaban J connectivity index is 2.06. The Morgan fingerprint density at radius 3 is 2.79 bits per heavy atom. The molecule has 0 radical (unpaired) electrons. The van der Waals surface area contributed by atoms with Gasteiger partial charge in [0.2, 0.25) is 0 Å². The number of morpholine rings is 1. The van der Waals surface area contributed by atoms with E-state index in [0.29, 0.717) is 13.2 Å². The first-order valence-electron chi connectivity index (χ1n) is 5.20. The fraction of sp³-hybridized carbons (Fsp3) is 0.889. The highest BCUT2D eigenvalue weighted by molar-refractivity contribution is 5.73. The summed E-state index contributed by atoms with van der Waals surface area (Å²) < 4.78 is 5.17. The number of rotatable bonds is 4. The highest BCUT2D eigenvalue weighted by Gasteiger charge is 2.11. The Kier molecular flexibility index (Phi) is 5.32. The zero-order chi connectivity index (χ0) is 10.2. The van der Waals surface area contributed by atoms with E-state index in [9.17, 15) is 4.79 Å². The van der Waals surface area contributed by atoms with Crippen LogP contribution in [-0.4, -0.2) is 43.9 Å². The van der Waals surface area contributed by atoms with Gasteiger partial charge in [0.05, 0.1) is 13.2 Å². The molecular formula is C9H19N3O2. The maximum atomic E-state index is 11.3. The van der Waals surface area contributed by atoms with Crippen molar-refractivity contribution < 1.29 is 9.53 Å². The minimum absolute atomic E-state index is 0.111. The lowest BCUT2D eigenvalue weighted by molar-refractivity contribution is 0.0195. The number of nitrogens with zero attached hydrogens (tertiary/aromatic N) is 1. The minimum atomic E-state index is -0.111. The van der Waals surface area contributed by atoms with Crippen LogP contribution in [0.3, 0.4) is 0 Å². The van der Waals surface area contributed by atoms with Crippen molar-refractivity contribution in [1.82, 2.24) is 15.8 Å². The van der Waals surface area contributed by atoms with Crippen LogP contribution >= 0.6 is 0 Å². The standard InChI is InChI=1S/C9H19N3O2/c1-2-3-4-10-9(13)11-12-5-7-14-8-6-12/h2-8H2,1H3,(H2,10,11,13). The zero-order valence-electron chi connectivity index (χ0n) is 8.71. The third-order valence-electron chi connectivity index (χ3n) is 2.09. The quantitative estimate of drug-likeness (QED) is 0.645. The molecule has 1 aliphatic rings. The molecule has 2 amide bonds. The highest BCUT2D eigenvalue weighted by Crippen LogP contribution is 1.91. The van der Waals surface area contributed by atoms with Gasteiger partial charge in [-0.15, -0.1) is 0 Å². The number of hydrogen-bond acceptors (Lipinski definition) is 3. The molecule has 0 bridgehead atoms. The number of carbonyl (C=O) groups excluding carboxylic acids is 1. The van der Waals surface area contributed by atoms with Crippen molar-refractivity contribution in [3.05, 3.63) is 0 Å². The lowest BCUT2D eigenvalue weighted by Gasteiger charge is -2.26. The Bertz CT molecular complexity index is 169. The van der Waals surface area contributed by atoms with E-state index in [1.165, 1.54) is 0 Å². The van der Waals surface area contributed by atoms with Crippen molar-refractivity contribution in [3.63, 3.8) is 0 Å². The summed E-state index contributed by atoms with van der Waals surface area (Å²) in [6.45, 7) is 5.75. The van der Waals surface area contributed by atoms with Crippen LogP contribution in [0.25, 0.3) is 0 Å². The topological polar surface area (TPSA) is 53.6 Å². The molecule has 1 aliphatic heterocycles. The first-order chi connectivity index (χ1) is 6.83. The average Bonchev–Trinajstić information content (AvgIpc) is 2.20. The molecule has 0 aliphatic carbocycles. The lowest BCUT2D eigenvalue weighted by atomic mass is 10.3. The molecule has 5 nitrogen and oxygen atoms in total. The molecule has 1 rings (SSSR count). The van der Waals surface area contributed by atoms with Crippen LogP contribution < -0.4 is 10.7 Å². The van der Waals surface area contributed by atoms with Crippen LogP contribution in [0.5, 0.6) is 0 Å². The number of unbranched alkanes of at least 4 members (excludes halogenated alkanes) is 1. The normalized spacial score (nSPS) is 17.8. The Labute approximate surface area is 84.8 Å². The van der Waals surface area contributed by atoms with Crippen molar-refractivity contribution in [1.29, 1.82) is 0 Å². The van der Waals surface area contributed by atoms with Gasteiger partial charge in [-0.1, -0.05) is 13.3 Å². The van der Waals surface area contributed by atoms with Crippen molar-refractivity contribution in [2.24, 2.45) is 0 Å². The molecule has 82 valence electrons. The summed E-state index contributed by atoms with van der Waals surface area (Å²) in [6, 6.07) is -0.111. The molecule has 2 N–H and O–H groups in total. The molecule has 0 aromatic carbocycles. The van der Waals surface area contributed by atoms with E-state index in [1.807, 2.05) is 5.01 Å². The number of amides is 2. The summed E-state index contributed by atoms with van der Waals surface area (Å²) in [5.41, 5.74) is 2.78. The molecule has 1 saturated heterocycles. The Hall–Kier alpha value is -0.810. The summed E-state index contributed by atoms with van der Waals surface area (Å²) >= 11 is 0. The second kappa shape index (κ2) is 6.62. The zero-order valence-corrected chi connectivity index (χ0v) is 8.71. The van der Waals surface area contributed by atoms with Gasteiger partial charge in [-0.05, 0) is 6.42 Å². The third-order valence-corrected chi connectivity index (χ3v) is 2.09. The molecule has 0 spiro atoms. The largest absolute Gasteiger partial charge is 0.379 e. The fourth-order valence-electron chi connectivity index (χ4n) is 1.24. The van der Waals surface area contributed by atoms with E-state index in [0.717, 1.165) is 32.5 Å². The highest BCUT2D eigenvalue weighted by atomic mass is 16.5. The van der Waals surface area contributed by atoms with Gasteiger partial charge >= 0.3 is 6.03 Å². The second-order valence-electron chi connectivity index (χ2n) is 3.32. The number of hydrogen-bond donors (Lipinski definition) is 2. The lowest BCUT2D eigenvalue weighted by Crippen LogP contribution is -2.51. The van der Waals surface area contributed by atoms with E-state index in [1.54, 1.807) is 0 Å². The Morgan fingerprint density at radius 2 is 2.14 bits per heavy atom. The molecular weight excluding hydrogens is 182 g/mol. The van der Waals surface area contributed by atoms with Gasteiger partial charge < -0.3 is 10.1 Å². The average molecular weight is 201 g/mol. The van der Waals surface area contributed by atoms with Gasteiger partial charge in [-0.3, -0.25) is 5.43 Å². The number of hydrazine groups is 1. The molecule has 14 heavy (non-hydrogen) atoms. The summed E-state index contributed by atoms with van der Waals surface area (Å²) in [5, 5.41) is 4.68. The molecule has 0 atom stereocenters. The molecule has 0 saturated carbocycles. The number of carbonyl (C=O) groups is 1. The summed E-state index contributed by atoms with van der Waals surface area (Å²) in [5.74, 6) is 0. The van der Waals surface area contributed by atoms with Crippen molar-refractivity contribution in [3.8, 4) is 0 Å². The van der Waals surface area contributed by atoms with Crippen molar-refractivity contribution >= 4 is 6.03 Å². The van der Waals surface area contributed by atoms with Crippen LogP contribution in [0.2, 0.25) is 0 Å². The summed E-state index contributed by atoms with van der Waals surface area (Å²) in [7, 11) is 0. The number of ether oxygens (including phenoxy) is 1. The van der Waals surface area contributed by atoms with E-state index < -0.39 is 0 Å². The van der Waals surface area contributed by atoms with E-state index in [-0.39, 0.29) is 6.03 Å². The molecule has 5 heteroatoms.